The van der Waals surface area contributed by atoms with Crippen molar-refractivity contribution in [1.82, 2.24) is 0 Å². The molecule has 0 bridgehead atoms. The van der Waals surface area contributed by atoms with Gasteiger partial charge >= 0.3 is 0 Å². The summed E-state index contributed by atoms with van der Waals surface area (Å²) in [6.07, 6.45) is 0.980. The number of phenols is 1. The number of rotatable bonds is 4. The molecular formula is C9H10IO2Si. The first-order chi connectivity index (χ1) is 6.24. The van der Waals surface area contributed by atoms with Gasteiger partial charge in [-0.1, -0.05) is 6.04 Å². The van der Waals surface area contributed by atoms with Crippen LogP contribution in [0.15, 0.2) is 18.2 Å². The summed E-state index contributed by atoms with van der Waals surface area (Å²) in [5.74, 6) is 1.11. The van der Waals surface area contributed by atoms with Crippen molar-refractivity contribution >= 4 is 32.8 Å². The third-order valence-corrected chi connectivity index (χ3v) is 2.69. The van der Waals surface area contributed by atoms with E-state index >= 15 is 0 Å². The zero-order valence-corrected chi connectivity index (χ0v) is 10.2. The quantitative estimate of drug-likeness (QED) is 0.526. The van der Waals surface area contributed by atoms with Crippen LogP contribution in [-0.2, 0) is 0 Å². The summed E-state index contributed by atoms with van der Waals surface area (Å²) in [4.78, 5) is 0. The van der Waals surface area contributed by atoms with Crippen LogP contribution < -0.4 is 4.74 Å². The molecule has 69 valence electrons. The van der Waals surface area contributed by atoms with E-state index < -0.39 is 0 Å². The molecule has 1 aromatic carbocycles. The van der Waals surface area contributed by atoms with Crippen molar-refractivity contribution < 1.29 is 9.84 Å². The monoisotopic (exact) mass is 305 g/mol. The number of hydrogen-bond acceptors (Lipinski definition) is 2. The molecule has 0 heterocycles. The van der Waals surface area contributed by atoms with Gasteiger partial charge in [0.05, 0.1) is 10.2 Å². The van der Waals surface area contributed by atoms with Crippen LogP contribution in [0.5, 0.6) is 11.5 Å². The molecule has 0 spiro atoms. The molecule has 1 aromatic rings. The Morgan fingerprint density at radius 1 is 1.46 bits per heavy atom. The van der Waals surface area contributed by atoms with Crippen LogP contribution in [-0.4, -0.2) is 22.0 Å². The predicted molar refractivity (Wildman–Crippen MR) is 61.5 cm³/mol. The molecule has 0 aliphatic carbocycles. The van der Waals surface area contributed by atoms with Gasteiger partial charge in [0.25, 0.3) is 0 Å². The average Bonchev–Trinajstić information content (AvgIpc) is 2.09. The number of phenolic OH excluding ortho intramolecular Hbond substituents is 1. The molecule has 0 unspecified atom stereocenters. The highest BCUT2D eigenvalue weighted by molar-refractivity contribution is 14.1. The number of hydrogen-bond donors (Lipinski definition) is 1. The first-order valence-corrected chi connectivity index (χ1v) is 5.78. The van der Waals surface area contributed by atoms with E-state index in [9.17, 15) is 0 Å². The van der Waals surface area contributed by atoms with Gasteiger partial charge in [0, 0.05) is 10.2 Å². The lowest BCUT2D eigenvalue weighted by Crippen LogP contribution is -1.97. The Kier molecular flexibility index (Phi) is 4.58. The topological polar surface area (TPSA) is 29.5 Å². The van der Waals surface area contributed by atoms with Crippen LogP contribution in [0, 0.1) is 3.57 Å². The van der Waals surface area contributed by atoms with Crippen molar-refractivity contribution in [2.24, 2.45) is 0 Å². The van der Waals surface area contributed by atoms with E-state index in [4.69, 9.17) is 9.84 Å². The molecule has 1 rings (SSSR count). The minimum absolute atomic E-state index is 0.275. The lowest BCUT2D eigenvalue weighted by Gasteiger charge is -2.07. The Morgan fingerprint density at radius 2 is 2.23 bits per heavy atom. The maximum absolute atomic E-state index is 9.14. The fraction of sp³-hybridized carbons (Fsp3) is 0.333. The second kappa shape index (κ2) is 5.49. The molecule has 0 fully saturated rings. The van der Waals surface area contributed by atoms with Gasteiger partial charge in [0.2, 0.25) is 0 Å². The molecule has 0 saturated carbocycles. The van der Waals surface area contributed by atoms with E-state index in [1.54, 1.807) is 18.2 Å². The van der Waals surface area contributed by atoms with E-state index in [0.29, 0.717) is 6.61 Å². The summed E-state index contributed by atoms with van der Waals surface area (Å²) >= 11 is 2.14. The smallest absolute Gasteiger partial charge is 0.132 e. The molecule has 0 aliphatic rings. The normalized spacial score (nSPS) is 10.0. The van der Waals surface area contributed by atoms with Crippen LogP contribution in [0.4, 0.5) is 0 Å². The maximum Gasteiger partial charge on any atom is 0.132 e. The fourth-order valence-corrected chi connectivity index (χ4v) is 1.66. The molecule has 13 heavy (non-hydrogen) atoms. The molecule has 0 saturated heterocycles. The van der Waals surface area contributed by atoms with Gasteiger partial charge in [-0.2, -0.15) is 0 Å². The number of halogens is 1. The fourth-order valence-electron chi connectivity index (χ4n) is 0.861. The first kappa shape index (κ1) is 10.8. The molecular weight excluding hydrogens is 295 g/mol. The standard InChI is InChI=1S/C9H10IO2Si/c10-8-6-7(11)2-3-9(8)12-4-1-5-13/h2-3,6,11H,1,4-5H2. The van der Waals surface area contributed by atoms with Crippen molar-refractivity contribution in [2.45, 2.75) is 12.5 Å². The zero-order valence-electron chi connectivity index (χ0n) is 7.09. The number of ether oxygens (including phenoxy) is 1. The second-order valence-electron chi connectivity index (χ2n) is 2.57. The first-order valence-electron chi connectivity index (χ1n) is 4.00. The van der Waals surface area contributed by atoms with Crippen LogP contribution in [0.1, 0.15) is 6.42 Å². The van der Waals surface area contributed by atoms with E-state index in [2.05, 4.69) is 32.8 Å². The Bertz CT molecular complexity index is 278. The van der Waals surface area contributed by atoms with Crippen molar-refractivity contribution in [2.75, 3.05) is 6.61 Å². The van der Waals surface area contributed by atoms with Gasteiger partial charge in [-0.15, -0.1) is 0 Å². The number of benzene rings is 1. The third-order valence-electron chi connectivity index (χ3n) is 1.49. The van der Waals surface area contributed by atoms with Gasteiger partial charge in [-0.05, 0) is 47.2 Å². The molecule has 0 aliphatic heterocycles. The highest BCUT2D eigenvalue weighted by atomic mass is 127. The van der Waals surface area contributed by atoms with E-state index in [-0.39, 0.29) is 5.75 Å². The largest absolute Gasteiger partial charge is 0.508 e. The molecule has 0 aromatic heterocycles. The van der Waals surface area contributed by atoms with Crippen molar-refractivity contribution in [1.29, 1.82) is 0 Å². The van der Waals surface area contributed by atoms with Crippen LogP contribution in [0.2, 0.25) is 6.04 Å². The summed E-state index contributed by atoms with van der Waals surface area (Å²) in [6, 6.07) is 6.04. The molecule has 1 N–H and O–H groups in total. The maximum atomic E-state index is 9.14. The molecule has 0 amide bonds. The van der Waals surface area contributed by atoms with E-state index in [0.717, 1.165) is 21.8 Å². The molecule has 4 heteroatoms. The van der Waals surface area contributed by atoms with E-state index in [1.807, 2.05) is 0 Å². The van der Waals surface area contributed by atoms with Gasteiger partial charge in [0.1, 0.15) is 11.5 Å². The summed E-state index contributed by atoms with van der Waals surface area (Å²) in [5.41, 5.74) is 0. The average molecular weight is 305 g/mol. The number of aromatic hydroxyl groups is 1. The molecule has 2 nitrogen and oxygen atoms in total. The second-order valence-corrected chi connectivity index (χ2v) is 4.23. The minimum Gasteiger partial charge on any atom is -0.508 e. The Hall–Kier alpha value is -0.233. The van der Waals surface area contributed by atoms with Crippen molar-refractivity contribution in [3.8, 4) is 11.5 Å². The highest BCUT2D eigenvalue weighted by Gasteiger charge is 2.00. The van der Waals surface area contributed by atoms with Crippen LogP contribution in [0.25, 0.3) is 0 Å². The molecule has 3 radical (unpaired) electrons. The summed E-state index contributed by atoms with van der Waals surface area (Å²) in [5, 5.41) is 9.14. The minimum atomic E-state index is 0.275. The SMILES string of the molecule is Oc1ccc(OCCC[Si])c(I)c1. The Labute approximate surface area is 94.9 Å². The van der Waals surface area contributed by atoms with Crippen LogP contribution >= 0.6 is 22.6 Å². The van der Waals surface area contributed by atoms with Crippen molar-refractivity contribution in [3.05, 3.63) is 21.8 Å². The Morgan fingerprint density at radius 3 is 2.85 bits per heavy atom. The lowest BCUT2D eigenvalue weighted by atomic mass is 10.3. The summed E-state index contributed by atoms with van der Waals surface area (Å²) in [6.45, 7) is 0.699. The van der Waals surface area contributed by atoms with Gasteiger partial charge in [-0.3, -0.25) is 0 Å². The van der Waals surface area contributed by atoms with Gasteiger partial charge in [-0.25, -0.2) is 0 Å². The van der Waals surface area contributed by atoms with Crippen molar-refractivity contribution in [3.63, 3.8) is 0 Å². The Balaban J connectivity index is 2.56. The summed E-state index contributed by atoms with van der Waals surface area (Å²) in [7, 11) is 3.38. The highest BCUT2D eigenvalue weighted by Crippen LogP contribution is 2.24. The van der Waals surface area contributed by atoms with Gasteiger partial charge in [0.15, 0.2) is 0 Å². The third kappa shape index (κ3) is 3.56. The molecule has 0 atom stereocenters. The van der Waals surface area contributed by atoms with Gasteiger partial charge < -0.3 is 9.84 Å². The lowest BCUT2D eigenvalue weighted by molar-refractivity contribution is 0.314. The zero-order chi connectivity index (χ0) is 9.68. The van der Waals surface area contributed by atoms with E-state index in [1.165, 1.54) is 0 Å². The van der Waals surface area contributed by atoms with Crippen LogP contribution in [0.3, 0.4) is 0 Å². The predicted octanol–water partition coefficient (Wildman–Crippen LogP) is 2.35. The summed E-state index contributed by atoms with van der Waals surface area (Å²) < 4.78 is 6.42.